The van der Waals surface area contributed by atoms with Gasteiger partial charge in [0.2, 0.25) is 0 Å². The molecule has 0 saturated carbocycles. The summed E-state index contributed by atoms with van der Waals surface area (Å²) in [5.74, 6) is -0.954. The Morgan fingerprint density at radius 3 is 2.67 bits per heavy atom. The Bertz CT molecular complexity index is 495. The maximum atomic E-state index is 11.9. The molecule has 21 heavy (non-hydrogen) atoms. The number of carboxylic acids is 1. The quantitative estimate of drug-likeness (QED) is 0.866. The maximum Gasteiger partial charge on any atom is 0.335 e. The van der Waals surface area contributed by atoms with Crippen molar-refractivity contribution < 1.29 is 19.4 Å². The standard InChI is InChI=1S/C15H20N2O4/c1-17(15(20)16-9-13-3-2-8-21-13)10-11-4-6-12(7-5-11)14(18)19/h4-7,13H,2-3,8-10H2,1H3,(H,16,20)(H,18,19). The average Bonchev–Trinajstić information content (AvgIpc) is 2.98. The molecule has 6 nitrogen and oxygen atoms in total. The predicted molar refractivity (Wildman–Crippen MR) is 77.2 cm³/mol. The van der Waals surface area contributed by atoms with Crippen LogP contribution in [0.4, 0.5) is 4.79 Å². The van der Waals surface area contributed by atoms with E-state index in [1.165, 1.54) is 12.1 Å². The lowest BCUT2D eigenvalue weighted by Gasteiger charge is -2.19. The van der Waals surface area contributed by atoms with Gasteiger partial charge in [0.15, 0.2) is 0 Å². The molecule has 1 aliphatic heterocycles. The third kappa shape index (κ3) is 4.46. The monoisotopic (exact) mass is 292 g/mol. The number of rotatable bonds is 5. The van der Waals surface area contributed by atoms with E-state index in [1.807, 2.05) is 0 Å². The number of carboxylic acid groups (broad SMARTS) is 1. The van der Waals surface area contributed by atoms with Crippen LogP contribution in [0.2, 0.25) is 0 Å². The molecule has 1 fully saturated rings. The van der Waals surface area contributed by atoms with E-state index in [1.54, 1.807) is 24.1 Å². The molecule has 2 rings (SSSR count). The van der Waals surface area contributed by atoms with Gasteiger partial charge in [-0.3, -0.25) is 0 Å². The van der Waals surface area contributed by atoms with Gasteiger partial charge < -0.3 is 20.1 Å². The first kappa shape index (κ1) is 15.3. The minimum atomic E-state index is -0.954. The molecule has 2 N–H and O–H groups in total. The number of nitrogens with one attached hydrogen (secondary N) is 1. The van der Waals surface area contributed by atoms with Crippen LogP contribution in [0.25, 0.3) is 0 Å². The highest BCUT2D eigenvalue weighted by molar-refractivity contribution is 5.87. The van der Waals surface area contributed by atoms with Crippen LogP contribution >= 0.6 is 0 Å². The van der Waals surface area contributed by atoms with E-state index in [0.717, 1.165) is 25.0 Å². The number of nitrogens with zero attached hydrogens (tertiary/aromatic N) is 1. The van der Waals surface area contributed by atoms with E-state index in [2.05, 4.69) is 5.32 Å². The van der Waals surface area contributed by atoms with Crippen LogP contribution in [0.3, 0.4) is 0 Å². The fourth-order valence-electron chi connectivity index (χ4n) is 2.24. The van der Waals surface area contributed by atoms with Crippen LogP contribution in [0.15, 0.2) is 24.3 Å². The molecular formula is C15H20N2O4. The van der Waals surface area contributed by atoms with E-state index in [-0.39, 0.29) is 17.7 Å². The van der Waals surface area contributed by atoms with Crippen molar-refractivity contribution >= 4 is 12.0 Å². The smallest absolute Gasteiger partial charge is 0.335 e. The summed E-state index contributed by atoms with van der Waals surface area (Å²) in [6.07, 6.45) is 2.16. The largest absolute Gasteiger partial charge is 0.478 e. The van der Waals surface area contributed by atoms with Gasteiger partial charge in [0.05, 0.1) is 11.7 Å². The zero-order valence-corrected chi connectivity index (χ0v) is 12.0. The number of aromatic carboxylic acids is 1. The van der Waals surface area contributed by atoms with Crippen molar-refractivity contribution in [3.63, 3.8) is 0 Å². The number of urea groups is 1. The molecule has 114 valence electrons. The zero-order valence-electron chi connectivity index (χ0n) is 12.0. The van der Waals surface area contributed by atoms with Crippen molar-refractivity contribution in [2.45, 2.75) is 25.5 Å². The first-order valence-corrected chi connectivity index (χ1v) is 6.99. The summed E-state index contributed by atoms with van der Waals surface area (Å²) < 4.78 is 5.45. The fraction of sp³-hybridized carbons (Fsp3) is 0.467. The van der Waals surface area contributed by atoms with Gasteiger partial charge in [-0.15, -0.1) is 0 Å². The van der Waals surface area contributed by atoms with Crippen molar-refractivity contribution in [3.05, 3.63) is 35.4 Å². The van der Waals surface area contributed by atoms with Crippen LogP contribution in [0.1, 0.15) is 28.8 Å². The lowest BCUT2D eigenvalue weighted by molar-refractivity contribution is 0.0697. The maximum absolute atomic E-state index is 11.9. The first-order chi connectivity index (χ1) is 10.1. The summed E-state index contributed by atoms with van der Waals surface area (Å²) in [6.45, 7) is 1.73. The number of carbonyl (C=O) groups excluding carboxylic acids is 1. The molecule has 1 aromatic carbocycles. The van der Waals surface area contributed by atoms with E-state index in [0.29, 0.717) is 13.1 Å². The van der Waals surface area contributed by atoms with Crippen LogP contribution in [0, 0.1) is 0 Å². The SMILES string of the molecule is CN(Cc1ccc(C(=O)O)cc1)C(=O)NCC1CCCO1. The molecule has 6 heteroatoms. The van der Waals surface area contributed by atoms with E-state index in [4.69, 9.17) is 9.84 Å². The fourth-order valence-corrected chi connectivity index (χ4v) is 2.24. The Morgan fingerprint density at radius 1 is 1.38 bits per heavy atom. The Morgan fingerprint density at radius 2 is 2.10 bits per heavy atom. The molecular weight excluding hydrogens is 272 g/mol. The summed E-state index contributed by atoms with van der Waals surface area (Å²) >= 11 is 0. The Kier molecular flexibility index (Phi) is 5.16. The normalized spacial score (nSPS) is 17.5. The van der Waals surface area contributed by atoms with Gasteiger partial charge in [-0.05, 0) is 30.5 Å². The van der Waals surface area contributed by atoms with Gasteiger partial charge in [0, 0.05) is 26.7 Å². The molecule has 1 aliphatic rings. The van der Waals surface area contributed by atoms with Crippen LogP contribution in [-0.4, -0.2) is 48.3 Å². The van der Waals surface area contributed by atoms with Crippen molar-refractivity contribution in [2.75, 3.05) is 20.2 Å². The van der Waals surface area contributed by atoms with Crippen LogP contribution < -0.4 is 5.32 Å². The topological polar surface area (TPSA) is 78.9 Å². The number of amides is 2. The summed E-state index contributed by atoms with van der Waals surface area (Å²) in [7, 11) is 1.70. The van der Waals surface area contributed by atoms with Crippen molar-refractivity contribution in [1.82, 2.24) is 10.2 Å². The summed E-state index contributed by atoms with van der Waals surface area (Å²) in [5, 5.41) is 11.7. The lowest BCUT2D eigenvalue weighted by atomic mass is 10.1. The van der Waals surface area contributed by atoms with Gasteiger partial charge in [0.1, 0.15) is 0 Å². The summed E-state index contributed by atoms with van der Waals surface area (Å²) in [5.41, 5.74) is 1.12. The Balaban J connectivity index is 1.80. The van der Waals surface area contributed by atoms with E-state index >= 15 is 0 Å². The highest BCUT2D eigenvalue weighted by atomic mass is 16.5. The molecule has 0 bridgehead atoms. The van der Waals surface area contributed by atoms with Gasteiger partial charge in [-0.25, -0.2) is 9.59 Å². The van der Waals surface area contributed by atoms with Gasteiger partial charge in [-0.1, -0.05) is 12.1 Å². The summed E-state index contributed by atoms with van der Waals surface area (Å²) in [4.78, 5) is 24.3. The minimum absolute atomic E-state index is 0.122. The number of hydrogen-bond acceptors (Lipinski definition) is 3. The highest BCUT2D eigenvalue weighted by Crippen LogP contribution is 2.11. The van der Waals surface area contributed by atoms with Crippen LogP contribution in [0.5, 0.6) is 0 Å². The van der Waals surface area contributed by atoms with Gasteiger partial charge in [0.25, 0.3) is 0 Å². The van der Waals surface area contributed by atoms with Gasteiger partial charge >= 0.3 is 12.0 Å². The lowest BCUT2D eigenvalue weighted by Crippen LogP contribution is -2.40. The second-order valence-corrected chi connectivity index (χ2v) is 5.18. The molecule has 0 spiro atoms. The summed E-state index contributed by atoms with van der Waals surface area (Å²) in [6, 6.07) is 6.35. The molecule has 0 aliphatic carbocycles. The second kappa shape index (κ2) is 7.08. The first-order valence-electron chi connectivity index (χ1n) is 6.99. The van der Waals surface area contributed by atoms with E-state index in [9.17, 15) is 9.59 Å². The van der Waals surface area contributed by atoms with Crippen molar-refractivity contribution in [3.8, 4) is 0 Å². The average molecular weight is 292 g/mol. The van der Waals surface area contributed by atoms with E-state index < -0.39 is 5.97 Å². The Labute approximate surface area is 123 Å². The number of benzene rings is 1. The minimum Gasteiger partial charge on any atom is -0.478 e. The zero-order chi connectivity index (χ0) is 15.2. The van der Waals surface area contributed by atoms with Crippen molar-refractivity contribution in [2.24, 2.45) is 0 Å². The molecule has 1 atom stereocenters. The van der Waals surface area contributed by atoms with Crippen molar-refractivity contribution in [1.29, 1.82) is 0 Å². The van der Waals surface area contributed by atoms with Gasteiger partial charge in [-0.2, -0.15) is 0 Å². The molecule has 1 saturated heterocycles. The third-order valence-electron chi connectivity index (χ3n) is 3.47. The molecule has 1 heterocycles. The van der Waals surface area contributed by atoms with Crippen LogP contribution in [-0.2, 0) is 11.3 Å². The Hall–Kier alpha value is -2.08. The molecule has 1 unspecified atom stereocenters. The number of hydrogen-bond donors (Lipinski definition) is 2. The molecule has 0 aromatic heterocycles. The number of ether oxygens (including phenoxy) is 1. The predicted octanol–water partition coefficient (Wildman–Crippen LogP) is 1.71. The molecule has 2 amide bonds. The molecule has 0 radical (unpaired) electrons. The second-order valence-electron chi connectivity index (χ2n) is 5.18. The third-order valence-corrected chi connectivity index (χ3v) is 3.47. The molecule has 1 aromatic rings. The highest BCUT2D eigenvalue weighted by Gasteiger charge is 2.17. The number of carbonyl (C=O) groups is 2.